The number of nitrogens with one attached hydrogen (secondary N) is 2. The highest BCUT2D eigenvalue weighted by atomic mass is 19.4. The smallest absolute Gasteiger partial charge is 0.416 e. The van der Waals surface area contributed by atoms with Crippen LogP contribution in [0.25, 0.3) is 0 Å². The van der Waals surface area contributed by atoms with Gasteiger partial charge >= 0.3 is 18.0 Å². The Morgan fingerprint density at radius 2 is 1.80 bits per heavy atom. The summed E-state index contributed by atoms with van der Waals surface area (Å²) in [5, 5.41) is 4.88. The van der Waals surface area contributed by atoms with Gasteiger partial charge in [-0.15, -0.1) is 0 Å². The first kappa shape index (κ1) is 21.6. The molecule has 0 spiro atoms. The maximum atomic E-state index is 12.6. The van der Waals surface area contributed by atoms with E-state index in [1.807, 2.05) is 37.2 Å². The Kier molecular flexibility index (Phi) is 6.31. The number of ether oxygens (including phenoxy) is 1. The van der Waals surface area contributed by atoms with Crippen LogP contribution in [0.1, 0.15) is 22.7 Å². The van der Waals surface area contributed by atoms with Crippen LogP contribution in [-0.4, -0.2) is 44.0 Å². The van der Waals surface area contributed by atoms with Gasteiger partial charge in [-0.1, -0.05) is 12.1 Å². The molecule has 0 bridgehead atoms. The second kappa shape index (κ2) is 8.74. The molecule has 1 atom stereocenters. The summed E-state index contributed by atoms with van der Waals surface area (Å²) in [6, 6.07) is 9.56. The fourth-order valence-corrected chi connectivity index (χ4v) is 3.21. The van der Waals surface area contributed by atoms with E-state index in [1.54, 1.807) is 0 Å². The van der Waals surface area contributed by atoms with Crippen molar-refractivity contribution < 1.29 is 27.5 Å². The minimum absolute atomic E-state index is 0.103. The molecule has 2 aromatic rings. The zero-order valence-corrected chi connectivity index (χ0v) is 16.5. The van der Waals surface area contributed by atoms with Crippen LogP contribution < -0.4 is 15.4 Å². The van der Waals surface area contributed by atoms with E-state index in [1.165, 1.54) is 0 Å². The quantitative estimate of drug-likeness (QED) is 0.729. The van der Waals surface area contributed by atoms with Gasteiger partial charge in [-0.25, -0.2) is 0 Å². The Labute approximate surface area is 172 Å². The number of rotatable bonds is 5. The number of halogens is 3. The molecule has 0 radical (unpaired) electrons. The van der Waals surface area contributed by atoms with Crippen LogP contribution in [-0.2, 0) is 22.2 Å². The molecule has 0 fully saturated rings. The van der Waals surface area contributed by atoms with Gasteiger partial charge in [-0.3, -0.25) is 9.59 Å². The zero-order chi connectivity index (χ0) is 21.9. The minimum Gasteiger partial charge on any atom is -0.493 e. The summed E-state index contributed by atoms with van der Waals surface area (Å²) in [4.78, 5) is 26.2. The molecule has 1 aliphatic rings. The normalized spacial score (nSPS) is 14.1. The Bertz CT molecular complexity index is 927. The molecule has 2 amide bonds. The number of amides is 2. The molecule has 30 heavy (non-hydrogen) atoms. The summed E-state index contributed by atoms with van der Waals surface area (Å²) in [5.74, 6) is -0.961. The molecule has 6 nitrogen and oxygen atoms in total. The SMILES string of the molecule is CN(C)C(CNC(=O)C(=O)Nc1ccc(C(F)(F)F)cc1)c1ccc2c(c1)CCO2. The predicted octanol–water partition coefficient (Wildman–Crippen LogP) is 3.00. The van der Waals surface area contributed by atoms with Crippen LogP contribution >= 0.6 is 0 Å². The molecule has 1 heterocycles. The van der Waals surface area contributed by atoms with E-state index in [2.05, 4.69) is 10.6 Å². The first-order valence-corrected chi connectivity index (χ1v) is 9.33. The monoisotopic (exact) mass is 421 g/mol. The maximum absolute atomic E-state index is 12.6. The van der Waals surface area contributed by atoms with Crippen LogP contribution in [0, 0.1) is 0 Å². The summed E-state index contributed by atoms with van der Waals surface area (Å²) in [7, 11) is 3.73. The van der Waals surface area contributed by atoms with Crippen LogP contribution in [0.15, 0.2) is 42.5 Å². The molecule has 1 unspecified atom stereocenters. The molecule has 0 saturated heterocycles. The summed E-state index contributed by atoms with van der Waals surface area (Å²) in [6.07, 6.45) is -3.64. The topological polar surface area (TPSA) is 70.7 Å². The van der Waals surface area contributed by atoms with E-state index in [-0.39, 0.29) is 18.3 Å². The van der Waals surface area contributed by atoms with Gasteiger partial charge in [0, 0.05) is 18.7 Å². The fraction of sp³-hybridized carbons (Fsp3) is 0.333. The van der Waals surface area contributed by atoms with Gasteiger partial charge in [0.15, 0.2) is 0 Å². The molecule has 0 aliphatic carbocycles. The molecule has 0 saturated carbocycles. The lowest BCUT2D eigenvalue weighted by Crippen LogP contribution is -2.40. The van der Waals surface area contributed by atoms with Crippen LogP contribution in [0.2, 0.25) is 0 Å². The molecular weight excluding hydrogens is 399 g/mol. The molecule has 1 aliphatic heterocycles. The zero-order valence-electron chi connectivity index (χ0n) is 16.5. The number of carbonyl (C=O) groups excluding carboxylic acids is 2. The number of nitrogens with zero attached hydrogens (tertiary/aromatic N) is 1. The predicted molar refractivity (Wildman–Crippen MR) is 105 cm³/mol. The summed E-state index contributed by atoms with van der Waals surface area (Å²) >= 11 is 0. The second-order valence-corrected chi connectivity index (χ2v) is 7.18. The van der Waals surface area contributed by atoms with Crippen molar-refractivity contribution in [3.8, 4) is 5.75 Å². The van der Waals surface area contributed by atoms with E-state index >= 15 is 0 Å². The van der Waals surface area contributed by atoms with E-state index < -0.39 is 23.6 Å². The van der Waals surface area contributed by atoms with Crippen molar-refractivity contribution in [1.29, 1.82) is 0 Å². The highest BCUT2D eigenvalue weighted by molar-refractivity contribution is 6.39. The van der Waals surface area contributed by atoms with Crippen molar-refractivity contribution >= 4 is 17.5 Å². The van der Waals surface area contributed by atoms with Crippen LogP contribution in [0.3, 0.4) is 0 Å². The van der Waals surface area contributed by atoms with E-state index in [4.69, 9.17) is 4.74 Å². The minimum atomic E-state index is -4.47. The fourth-order valence-electron chi connectivity index (χ4n) is 3.21. The van der Waals surface area contributed by atoms with Crippen LogP contribution in [0.5, 0.6) is 5.75 Å². The average molecular weight is 421 g/mol. The van der Waals surface area contributed by atoms with Gasteiger partial charge in [0.2, 0.25) is 0 Å². The Balaban J connectivity index is 1.59. The molecule has 9 heteroatoms. The Hall–Kier alpha value is -3.07. The van der Waals surface area contributed by atoms with Crippen molar-refractivity contribution in [1.82, 2.24) is 10.2 Å². The van der Waals surface area contributed by atoms with Gasteiger partial charge in [-0.2, -0.15) is 13.2 Å². The van der Waals surface area contributed by atoms with E-state index in [9.17, 15) is 22.8 Å². The number of hydrogen-bond donors (Lipinski definition) is 2. The molecule has 160 valence electrons. The number of alkyl halides is 3. The number of carbonyl (C=O) groups is 2. The van der Waals surface area contributed by atoms with Crippen LogP contribution in [0.4, 0.5) is 18.9 Å². The Morgan fingerprint density at radius 1 is 1.10 bits per heavy atom. The largest absolute Gasteiger partial charge is 0.493 e. The van der Waals surface area contributed by atoms with Crippen molar-refractivity contribution in [3.63, 3.8) is 0 Å². The van der Waals surface area contributed by atoms with Gasteiger partial charge in [0.25, 0.3) is 0 Å². The maximum Gasteiger partial charge on any atom is 0.416 e. The van der Waals surface area contributed by atoms with Gasteiger partial charge in [0.1, 0.15) is 5.75 Å². The average Bonchev–Trinajstić information content (AvgIpc) is 3.15. The van der Waals surface area contributed by atoms with Crippen molar-refractivity contribution in [3.05, 3.63) is 59.2 Å². The number of hydrogen-bond acceptors (Lipinski definition) is 4. The molecule has 3 rings (SSSR count). The first-order chi connectivity index (χ1) is 14.1. The first-order valence-electron chi connectivity index (χ1n) is 9.33. The third kappa shape index (κ3) is 5.10. The summed E-state index contributed by atoms with van der Waals surface area (Å²) < 4.78 is 43.3. The summed E-state index contributed by atoms with van der Waals surface area (Å²) in [6.45, 7) is 0.832. The lowest BCUT2D eigenvalue weighted by atomic mass is 10.0. The van der Waals surface area contributed by atoms with E-state index in [0.29, 0.717) is 6.61 Å². The standard InChI is InChI=1S/C21H22F3N3O3/c1-27(2)17(13-3-8-18-14(11-13)9-10-30-18)12-25-19(28)20(29)26-16-6-4-15(5-7-16)21(22,23)24/h3-8,11,17H,9-10,12H2,1-2H3,(H,25,28)(H,26,29). The van der Waals surface area contributed by atoms with Crippen molar-refractivity contribution in [2.75, 3.05) is 32.6 Å². The molecular formula is C21H22F3N3O3. The third-order valence-electron chi connectivity index (χ3n) is 4.85. The van der Waals surface area contributed by atoms with Gasteiger partial charge in [0.05, 0.1) is 18.2 Å². The number of likely N-dealkylation sites (N-methyl/N-ethyl adjacent to an activating group) is 1. The Morgan fingerprint density at radius 3 is 2.43 bits per heavy atom. The highest BCUT2D eigenvalue weighted by Gasteiger charge is 2.30. The molecule has 2 aromatic carbocycles. The summed E-state index contributed by atoms with van der Waals surface area (Å²) in [5.41, 5.74) is 1.35. The van der Waals surface area contributed by atoms with Gasteiger partial charge in [-0.05, 0) is 55.6 Å². The second-order valence-electron chi connectivity index (χ2n) is 7.18. The van der Waals surface area contributed by atoms with Gasteiger partial charge < -0.3 is 20.3 Å². The van der Waals surface area contributed by atoms with E-state index in [0.717, 1.165) is 47.6 Å². The molecule has 0 aromatic heterocycles. The lowest BCUT2D eigenvalue weighted by molar-refractivity contribution is -0.137. The number of benzene rings is 2. The highest BCUT2D eigenvalue weighted by Crippen LogP contribution is 2.30. The number of fused-ring (bicyclic) bond motifs is 1. The number of anilines is 1. The van der Waals surface area contributed by atoms with Crippen molar-refractivity contribution in [2.45, 2.75) is 18.6 Å². The molecule has 2 N–H and O–H groups in total. The van der Waals surface area contributed by atoms with Crippen molar-refractivity contribution in [2.24, 2.45) is 0 Å². The lowest BCUT2D eigenvalue weighted by Gasteiger charge is -2.25. The third-order valence-corrected chi connectivity index (χ3v) is 4.85.